The van der Waals surface area contributed by atoms with Gasteiger partial charge in [-0.1, -0.05) is 11.8 Å². The van der Waals surface area contributed by atoms with E-state index in [1.807, 2.05) is 6.92 Å². The summed E-state index contributed by atoms with van der Waals surface area (Å²) in [6.45, 7) is 2.80. The Kier molecular flexibility index (Phi) is 3.31. The zero-order valence-electron chi connectivity index (χ0n) is 10.8. The number of hydrogen-bond acceptors (Lipinski definition) is 5. The zero-order chi connectivity index (χ0) is 14.1. The fourth-order valence-electron chi connectivity index (χ4n) is 2.07. The molecule has 0 aliphatic heterocycles. The van der Waals surface area contributed by atoms with Gasteiger partial charge in [-0.2, -0.15) is 4.98 Å². The molecule has 0 unspecified atom stereocenters. The summed E-state index contributed by atoms with van der Waals surface area (Å²) in [4.78, 5) is 8.50. The molecule has 2 heterocycles. The minimum atomic E-state index is -0.279. The summed E-state index contributed by atoms with van der Waals surface area (Å²) in [5.74, 6) is 1.47. The lowest BCUT2D eigenvalue weighted by Crippen LogP contribution is -2.00. The van der Waals surface area contributed by atoms with Crippen LogP contribution in [0, 0.1) is 5.82 Å². The van der Waals surface area contributed by atoms with E-state index in [-0.39, 0.29) is 5.82 Å². The van der Waals surface area contributed by atoms with Crippen molar-refractivity contribution >= 4 is 28.7 Å². The largest absolute Gasteiger partial charge is 0.368 e. The van der Waals surface area contributed by atoms with Crippen LogP contribution in [0.2, 0.25) is 0 Å². The van der Waals surface area contributed by atoms with Crippen LogP contribution in [0.5, 0.6) is 0 Å². The van der Waals surface area contributed by atoms with Crippen LogP contribution in [0.1, 0.15) is 12.7 Å². The summed E-state index contributed by atoms with van der Waals surface area (Å²) < 4.78 is 15.3. The number of halogens is 1. The molecule has 3 rings (SSSR count). The third kappa shape index (κ3) is 2.34. The van der Waals surface area contributed by atoms with Gasteiger partial charge >= 0.3 is 0 Å². The van der Waals surface area contributed by atoms with Crippen molar-refractivity contribution in [3.63, 3.8) is 0 Å². The van der Waals surface area contributed by atoms with Crippen LogP contribution in [0.15, 0.2) is 23.4 Å². The summed E-state index contributed by atoms with van der Waals surface area (Å²) in [5, 5.41) is 7.12. The van der Waals surface area contributed by atoms with Crippen LogP contribution in [0.3, 0.4) is 0 Å². The number of thioether (sulfide) groups is 1. The van der Waals surface area contributed by atoms with Gasteiger partial charge in [0.15, 0.2) is 0 Å². The summed E-state index contributed by atoms with van der Waals surface area (Å²) in [6.07, 6.45) is 0. The molecule has 0 saturated carbocycles. The van der Waals surface area contributed by atoms with Gasteiger partial charge in [0.1, 0.15) is 11.6 Å². The molecule has 0 saturated heterocycles. The monoisotopic (exact) mass is 292 g/mol. The summed E-state index contributed by atoms with van der Waals surface area (Å²) in [6, 6.07) is 4.64. The van der Waals surface area contributed by atoms with E-state index in [1.165, 1.54) is 23.9 Å². The Labute approximate surface area is 118 Å². The first-order chi connectivity index (χ1) is 9.67. The van der Waals surface area contributed by atoms with Gasteiger partial charge in [0.05, 0.1) is 16.8 Å². The first kappa shape index (κ1) is 12.9. The molecule has 20 heavy (non-hydrogen) atoms. The highest BCUT2D eigenvalue weighted by Gasteiger charge is 2.11. The Balaban J connectivity index is 1.90. The molecule has 0 atom stereocenters. The SMILES string of the molecule is CCn1c(CSc2n[nH]c(N)n2)nc2cc(F)ccc21. The number of benzene rings is 1. The Hall–Kier alpha value is -2.09. The van der Waals surface area contributed by atoms with Crippen LogP contribution < -0.4 is 5.73 Å². The van der Waals surface area contributed by atoms with Crippen molar-refractivity contribution in [1.29, 1.82) is 0 Å². The predicted molar refractivity (Wildman–Crippen MR) is 75.7 cm³/mol. The predicted octanol–water partition coefficient (Wildman–Crippen LogP) is 2.19. The van der Waals surface area contributed by atoms with Crippen molar-refractivity contribution in [1.82, 2.24) is 24.7 Å². The molecule has 104 valence electrons. The number of anilines is 1. The average Bonchev–Trinajstić information content (AvgIpc) is 2.98. The Morgan fingerprint density at radius 1 is 1.40 bits per heavy atom. The van der Waals surface area contributed by atoms with Crippen molar-refractivity contribution in [3.8, 4) is 0 Å². The molecule has 0 radical (unpaired) electrons. The first-order valence-electron chi connectivity index (χ1n) is 6.12. The van der Waals surface area contributed by atoms with Gasteiger partial charge in [0.2, 0.25) is 11.1 Å². The number of nitrogens with two attached hydrogens (primary N) is 1. The molecule has 0 fully saturated rings. The minimum Gasteiger partial charge on any atom is -0.368 e. The van der Waals surface area contributed by atoms with Crippen LogP contribution in [-0.2, 0) is 12.3 Å². The maximum absolute atomic E-state index is 13.2. The Bertz CT molecular complexity index is 750. The topological polar surface area (TPSA) is 85.4 Å². The highest BCUT2D eigenvalue weighted by atomic mass is 32.2. The second kappa shape index (κ2) is 5.12. The highest BCUT2D eigenvalue weighted by Crippen LogP contribution is 2.23. The lowest BCUT2D eigenvalue weighted by atomic mass is 10.3. The van der Waals surface area contributed by atoms with E-state index in [0.717, 1.165) is 17.9 Å². The zero-order valence-corrected chi connectivity index (χ0v) is 11.6. The molecule has 0 aliphatic rings. The fourth-order valence-corrected chi connectivity index (χ4v) is 2.82. The van der Waals surface area contributed by atoms with Crippen LogP contribution >= 0.6 is 11.8 Å². The van der Waals surface area contributed by atoms with Crippen molar-refractivity contribution in [2.24, 2.45) is 0 Å². The number of imidazole rings is 1. The lowest BCUT2D eigenvalue weighted by molar-refractivity contribution is 0.629. The molecular formula is C12H13FN6S. The normalized spacial score (nSPS) is 11.3. The van der Waals surface area contributed by atoms with Gasteiger partial charge in [-0.25, -0.2) is 14.5 Å². The number of aromatic amines is 1. The maximum atomic E-state index is 13.2. The molecule has 0 aliphatic carbocycles. The molecule has 6 nitrogen and oxygen atoms in total. The van der Waals surface area contributed by atoms with E-state index >= 15 is 0 Å². The van der Waals surface area contributed by atoms with Gasteiger partial charge in [0, 0.05) is 12.6 Å². The van der Waals surface area contributed by atoms with Crippen LogP contribution in [-0.4, -0.2) is 24.7 Å². The minimum absolute atomic E-state index is 0.279. The van der Waals surface area contributed by atoms with E-state index in [0.29, 0.717) is 22.4 Å². The number of aromatic nitrogens is 5. The van der Waals surface area contributed by atoms with Crippen LogP contribution in [0.4, 0.5) is 10.3 Å². The highest BCUT2D eigenvalue weighted by molar-refractivity contribution is 7.98. The van der Waals surface area contributed by atoms with Crippen molar-refractivity contribution in [2.45, 2.75) is 24.4 Å². The van der Waals surface area contributed by atoms with Gasteiger partial charge in [0.25, 0.3) is 0 Å². The molecule has 2 aromatic heterocycles. The number of H-pyrrole nitrogens is 1. The number of nitrogens with zero attached hydrogens (tertiary/aromatic N) is 4. The van der Waals surface area contributed by atoms with E-state index in [4.69, 9.17) is 5.73 Å². The molecule has 8 heteroatoms. The molecule has 0 amide bonds. The fraction of sp³-hybridized carbons (Fsp3) is 0.250. The maximum Gasteiger partial charge on any atom is 0.216 e. The summed E-state index contributed by atoms with van der Waals surface area (Å²) in [7, 11) is 0. The summed E-state index contributed by atoms with van der Waals surface area (Å²) in [5.41, 5.74) is 7.07. The van der Waals surface area contributed by atoms with Gasteiger partial charge in [-0.05, 0) is 19.1 Å². The number of nitrogen functional groups attached to an aromatic ring is 1. The van der Waals surface area contributed by atoms with Gasteiger partial charge in [-0.15, -0.1) is 5.10 Å². The van der Waals surface area contributed by atoms with Gasteiger partial charge in [-0.3, -0.25) is 0 Å². The second-order valence-electron chi connectivity index (χ2n) is 4.20. The molecule has 3 aromatic rings. The second-order valence-corrected chi connectivity index (χ2v) is 5.14. The standard InChI is InChI=1S/C12H13FN6S/c1-2-19-9-4-3-7(13)5-8(9)15-10(19)6-20-12-16-11(14)17-18-12/h3-5H,2,6H2,1H3,(H3,14,16,17,18). The number of rotatable bonds is 4. The van der Waals surface area contributed by atoms with E-state index in [1.54, 1.807) is 6.07 Å². The molecule has 3 N–H and O–H groups in total. The number of hydrogen-bond donors (Lipinski definition) is 2. The van der Waals surface area contributed by atoms with E-state index < -0.39 is 0 Å². The Morgan fingerprint density at radius 2 is 2.25 bits per heavy atom. The molecular weight excluding hydrogens is 279 g/mol. The molecule has 0 spiro atoms. The smallest absolute Gasteiger partial charge is 0.216 e. The van der Waals surface area contributed by atoms with E-state index in [2.05, 4.69) is 24.7 Å². The quantitative estimate of drug-likeness (QED) is 0.720. The Morgan fingerprint density at radius 3 is 2.95 bits per heavy atom. The third-order valence-corrected chi connectivity index (χ3v) is 3.76. The summed E-state index contributed by atoms with van der Waals surface area (Å²) >= 11 is 1.43. The number of fused-ring (bicyclic) bond motifs is 1. The first-order valence-corrected chi connectivity index (χ1v) is 7.11. The number of aryl methyl sites for hydroxylation is 1. The van der Waals surface area contributed by atoms with Crippen molar-refractivity contribution in [2.75, 3.05) is 5.73 Å². The van der Waals surface area contributed by atoms with Crippen LogP contribution in [0.25, 0.3) is 11.0 Å². The average molecular weight is 292 g/mol. The number of nitrogens with one attached hydrogen (secondary N) is 1. The van der Waals surface area contributed by atoms with E-state index in [9.17, 15) is 4.39 Å². The molecule has 1 aromatic carbocycles. The molecule has 0 bridgehead atoms. The van der Waals surface area contributed by atoms with Crippen molar-refractivity contribution in [3.05, 3.63) is 29.8 Å². The van der Waals surface area contributed by atoms with Crippen molar-refractivity contribution < 1.29 is 4.39 Å². The van der Waals surface area contributed by atoms with Gasteiger partial charge < -0.3 is 10.3 Å². The third-order valence-electron chi connectivity index (χ3n) is 2.92. The lowest BCUT2D eigenvalue weighted by Gasteiger charge is -2.04.